The van der Waals surface area contributed by atoms with E-state index in [2.05, 4.69) is 38.8 Å². The molecule has 186 valence electrons. The number of rotatable bonds is 11. The molecule has 0 aliphatic carbocycles. The Hall–Kier alpha value is -2.66. The zero-order chi connectivity index (χ0) is 23.9. The number of aliphatic hydroxyl groups is 1. The number of oxazole rings is 1. The summed E-state index contributed by atoms with van der Waals surface area (Å²) in [5, 5.41) is 13.2. The number of aromatic nitrogens is 1. The summed E-state index contributed by atoms with van der Waals surface area (Å²) in [4.78, 5) is 23.7. The third-order valence-corrected chi connectivity index (χ3v) is 6.33. The Morgan fingerprint density at radius 1 is 1.15 bits per heavy atom. The van der Waals surface area contributed by atoms with Gasteiger partial charge in [0.1, 0.15) is 6.26 Å². The van der Waals surface area contributed by atoms with Gasteiger partial charge in [0.2, 0.25) is 12.7 Å². The molecule has 0 spiro atoms. The molecule has 1 aromatic heterocycles. The van der Waals surface area contributed by atoms with Crippen molar-refractivity contribution in [3.8, 4) is 11.5 Å². The molecule has 3 heterocycles. The van der Waals surface area contributed by atoms with Gasteiger partial charge in [-0.25, -0.2) is 4.98 Å². The van der Waals surface area contributed by atoms with Crippen LogP contribution in [0.3, 0.4) is 0 Å². The number of fused-ring (bicyclic) bond motifs is 1. The molecule has 0 radical (unpaired) electrons. The van der Waals surface area contributed by atoms with Crippen molar-refractivity contribution < 1.29 is 23.8 Å². The Kier molecular flexibility index (Phi) is 8.39. The molecule has 1 fully saturated rings. The van der Waals surface area contributed by atoms with Crippen LogP contribution < -0.4 is 14.8 Å². The third kappa shape index (κ3) is 6.47. The quantitative estimate of drug-likeness (QED) is 0.497. The number of benzene rings is 1. The Balaban J connectivity index is 1.18. The molecule has 34 heavy (non-hydrogen) atoms. The molecule has 4 rings (SSSR count). The molecular formula is C24H35N5O5. The lowest BCUT2D eigenvalue weighted by molar-refractivity contribution is 0.0491. The highest BCUT2D eigenvalue weighted by atomic mass is 16.7. The van der Waals surface area contributed by atoms with E-state index in [1.807, 2.05) is 18.2 Å². The summed E-state index contributed by atoms with van der Waals surface area (Å²) in [5.41, 5.74) is 1.19. The van der Waals surface area contributed by atoms with E-state index in [4.69, 9.17) is 13.9 Å². The normalized spacial score (nSPS) is 17.3. The predicted molar refractivity (Wildman–Crippen MR) is 126 cm³/mol. The van der Waals surface area contributed by atoms with Gasteiger partial charge in [0.15, 0.2) is 17.2 Å². The number of ether oxygens (including phenoxy) is 2. The molecule has 2 N–H and O–H groups in total. The van der Waals surface area contributed by atoms with Gasteiger partial charge in [-0.1, -0.05) is 19.9 Å². The molecule has 1 saturated heterocycles. The molecule has 2 aliphatic rings. The number of nitrogens with one attached hydrogen (secondary N) is 1. The Labute approximate surface area is 200 Å². The summed E-state index contributed by atoms with van der Waals surface area (Å²) in [5.74, 6) is 1.66. The highest BCUT2D eigenvalue weighted by Gasteiger charge is 2.22. The largest absolute Gasteiger partial charge is 0.454 e. The molecule has 1 unspecified atom stereocenters. The highest BCUT2D eigenvalue weighted by Crippen LogP contribution is 2.32. The van der Waals surface area contributed by atoms with Crippen molar-refractivity contribution in [2.24, 2.45) is 0 Å². The molecule has 10 heteroatoms. The first kappa shape index (κ1) is 24.5. The van der Waals surface area contributed by atoms with Gasteiger partial charge in [0.25, 0.3) is 5.91 Å². The Morgan fingerprint density at radius 3 is 2.65 bits per heavy atom. The van der Waals surface area contributed by atoms with E-state index in [1.165, 1.54) is 6.26 Å². The predicted octanol–water partition coefficient (Wildman–Crippen LogP) is 1.15. The summed E-state index contributed by atoms with van der Waals surface area (Å²) >= 11 is 0. The Bertz CT molecular complexity index is 940. The lowest BCUT2D eigenvalue weighted by Gasteiger charge is -2.35. The van der Waals surface area contributed by atoms with Gasteiger partial charge >= 0.3 is 0 Å². The number of carbonyl (C=O) groups excluding carboxylic acids is 1. The fourth-order valence-corrected chi connectivity index (χ4v) is 4.27. The topological polar surface area (TPSA) is 104 Å². The van der Waals surface area contributed by atoms with Crippen LogP contribution in [0.15, 0.2) is 28.9 Å². The maximum Gasteiger partial charge on any atom is 0.273 e. The second kappa shape index (κ2) is 11.7. The minimum atomic E-state index is -0.336. The fourth-order valence-electron chi connectivity index (χ4n) is 4.27. The molecule has 1 atom stereocenters. The number of aliphatic hydroxyl groups excluding tert-OH is 1. The monoisotopic (exact) mass is 473 g/mol. The first-order valence-corrected chi connectivity index (χ1v) is 12.0. The van der Waals surface area contributed by atoms with Crippen LogP contribution in [0, 0.1) is 0 Å². The lowest BCUT2D eigenvalue weighted by Crippen LogP contribution is -2.49. The SMILES string of the molecule is CCN(CC)CC(O)CN1CCN(Cc2nc(C(=O)NCc3ccc4c(c3)OCO4)co2)CC1. The summed E-state index contributed by atoms with van der Waals surface area (Å²) in [7, 11) is 0. The van der Waals surface area contributed by atoms with E-state index in [0.717, 1.165) is 44.8 Å². The number of hydrogen-bond acceptors (Lipinski definition) is 9. The molecule has 0 saturated carbocycles. The summed E-state index contributed by atoms with van der Waals surface area (Å²) in [6, 6.07) is 5.59. The van der Waals surface area contributed by atoms with Crippen molar-refractivity contribution in [1.82, 2.24) is 25.0 Å². The summed E-state index contributed by atoms with van der Waals surface area (Å²) < 4.78 is 16.2. The molecule has 2 aromatic rings. The molecule has 2 aliphatic heterocycles. The van der Waals surface area contributed by atoms with Gasteiger partial charge in [-0.2, -0.15) is 0 Å². The van der Waals surface area contributed by atoms with Gasteiger partial charge in [0, 0.05) is 45.8 Å². The maximum absolute atomic E-state index is 12.5. The number of piperazine rings is 1. The van der Waals surface area contributed by atoms with Crippen molar-refractivity contribution in [3.63, 3.8) is 0 Å². The molecule has 1 amide bonds. The van der Waals surface area contributed by atoms with E-state index >= 15 is 0 Å². The summed E-state index contributed by atoms with van der Waals surface area (Å²) in [6.45, 7) is 12.2. The number of likely N-dealkylation sites (N-methyl/N-ethyl adjacent to an activating group) is 1. The molecular weight excluding hydrogens is 438 g/mol. The number of hydrogen-bond donors (Lipinski definition) is 2. The van der Waals surface area contributed by atoms with E-state index in [0.29, 0.717) is 43.6 Å². The van der Waals surface area contributed by atoms with Crippen molar-refractivity contribution in [2.45, 2.75) is 33.0 Å². The smallest absolute Gasteiger partial charge is 0.273 e. The van der Waals surface area contributed by atoms with E-state index < -0.39 is 0 Å². The number of amides is 1. The standard InChI is InChI=1S/C24H35N5O5/c1-3-27(4-2)13-19(30)14-28-7-9-29(10-8-28)15-23-26-20(16-32-23)24(31)25-12-18-5-6-21-22(11-18)34-17-33-21/h5-6,11,16,19,30H,3-4,7-10,12-15,17H2,1-2H3,(H,25,31). The van der Waals surface area contributed by atoms with Crippen LogP contribution in [-0.2, 0) is 13.1 Å². The van der Waals surface area contributed by atoms with E-state index in [-0.39, 0.29) is 24.5 Å². The second-order valence-electron chi connectivity index (χ2n) is 8.71. The van der Waals surface area contributed by atoms with Crippen molar-refractivity contribution in [3.05, 3.63) is 41.6 Å². The van der Waals surface area contributed by atoms with Crippen LogP contribution in [0.4, 0.5) is 0 Å². The first-order valence-electron chi connectivity index (χ1n) is 12.0. The fraction of sp³-hybridized carbons (Fsp3) is 0.583. The van der Waals surface area contributed by atoms with Crippen LogP contribution in [0.5, 0.6) is 11.5 Å². The van der Waals surface area contributed by atoms with Crippen LogP contribution in [0.1, 0.15) is 35.8 Å². The first-order chi connectivity index (χ1) is 16.5. The maximum atomic E-state index is 12.5. The van der Waals surface area contributed by atoms with Crippen molar-refractivity contribution in [1.29, 1.82) is 0 Å². The molecule has 10 nitrogen and oxygen atoms in total. The van der Waals surface area contributed by atoms with Gasteiger partial charge in [0.05, 0.1) is 12.6 Å². The number of β-amino-alcohol motifs (C(OH)–C–C–N with tert-alkyl or cyclic N) is 1. The van der Waals surface area contributed by atoms with Crippen LogP contribution >= 0.6 is 0 Å². The summed E-state index contributed by atoms with van der Waals surface area (Å²) in [6.07, 6.45) is 1.07. The number of nitrogens with zero attached hydrogens (tertiary/aromatic N) is 4. The van der Waals surface area contributed by atoms with Crippen molar-refractivity contribution >= 4 is 5.91 Å². The lowest BCUT2D eigenvalue weighted by atomic mass is 10.2. The zero-order valence-corrected chi connectivity index (χ0v) is 20.0. The van der Waals surface area contributed by atoms with Crippen LogP contribution in [0.25, 0.3) is 0 Å². The minimum absolute atomic E-state index is 0.223. The van der Waals surface area contributed by atoms with Crippen LogP contribution in [0.2, 0.25) is 0 Å². The van der Waals surface area contributed by atoms with Gasteiger partial charge < -0.3 is 29.2 Å². The van der Waals surface area contributed by atoms with E-state index in [1.54, 1.807) is 0 Å². The van der Waals surface area contributed by atoms with Crippen molar-refractivity contribution in [2.75, 3.05) is 59.2 Å². The average Bonchev–Trinajstić information content (AvgIpc) is 3.51. The highest BCUT2D eigenvalue weighted by molar-refractivity contribution is 5.91. The van der Waals surface area contributed by atoms with Gasteiger partial charge in [-0.3, -0.25) is 14.6 Å². The molecule has 1 aromatic carbocycles. The third-order valence-electron chi connectivity index (χ3n) is 6.33. The van der Waals surface area contributed by atoms with Crippen LogP contribution in [-0.4, -0.2) is 96.0 Å². The van der Waals surface area contributed by atoms with E-state index in [9.17, 15) is 9.90 Å². The zero-order valence-electron chi connectivity index (χ0n) is 20.0. The molecule has 0 bridgehead atoms. The Morgan fingerprint density at radius 2 is 1.88 bits per heavy atom. The minimum Gasteiger partial charge on any atom is -0.454 e. The van der Waals surface area contributed by atoms with Gasteiger partial charge in [-0.05, 0) is 30.8 Å². The van der Waals surface area contributed by atoms with Gasteiger partial charge in [-0.15, -0.1) is 0 Å². The average molecular weight is 474 g/mol. The second-order valence-corrected chi connectivity index (χ2v) is 8.71. The number of carbonyl (C=O) groups is 1.